The predicted octanol–water partition coefficient (Wildman–Crippen LogP) is 2.94. The van der Waals surface area contributed by atoms with Crippen LogP contribution in [0.1, 0.15) is 45.7 Å². The number of morpholine rings is 1. The summed E-state index contributed by atoms with van der Waals surface area (Å²) in [5.41, 5.74) is 0.862. The van der Waals surface area contributed by atoms with Gasteiger partial charge in [0.05, 0.1) is 18.2 Å². The summed E-state index contributed by atoms with van der Waals surface area (Å²) < 4.78 is 18.7. The summed E-state index contributed by atoms with van der Waals surface area (Å²) in [5, 5.41) is 2.82. The Balaban J connectivity index is 1.84. The van der Waals surface area contributed by atoms with Gasteiger partial charge in [-0.25, -0.2) is 9.18 Å². The zero-order chi connectivity index (χ0) is 20.0. The monoisotopic (exact) mass is 379 g/mol. The van der Waals surface area contributed by atoms with Crippen LogP contribution in [0.25, 0.3) is 0 Å². The molecule has 0 aromatic heterocycles. The zero-order valence-corrected chi connectivity index (χ0v) is 16.6. The SMILES string of the molecule is CCN(C(=O)NCCC(=O)N1C[C@@H](C)O[C@@H](C)C1)[C@H](C)c1ccc(F)cc1. The fraction of sp³-hybridized carbons (Fsp3) is 0.600. The Hall–Kier alpha value is -2.15. The predicted molar refractivity (Wildman–Crippen MR) is 102 cm³/mol. The van der Waals surface area contributed by atoms with E-state index in [1.165, 1.54) is 12.1 Å². The number of amides is 3. The maximum Gasteiger partial charge on any atom is 0.317 e. The van der Waals surface area contributed by atoms with Gasteiger partial charge in [0.25, 0.3) is 0 Å². The number of carbonyl (C=O) groups is 2. The highest BCUT2D eigenvalue weighted by molar-refractivity contribution is 5.78. The third-order valence-corrected chi connectivity index (χ3v) is 4.81. The van der Waals surface area contributed by atoms with E-state index >= 15 is 0 Å². The highest BCUT2D eigenvalue weighted by Gasteiger charge is 2.26. The molecule has 1 aliphatic rings. The van der Waals surface area contributed by atoms with Gasteiger partial charge >= 0.3 is 6.03 Å². The molecular formula is C20H30FN3O3. The van der Waals surface area contributed by atoms with Crippen molar-refractivity contribution in [2.24, 2.45) is 0 Å². The lowest BCUT2D eigenvalue weighted by Crippen LogP contribution is -2.49. The molecule has 27 heavy (non-hydrogen) atoms. The molecule has 0 spiro atoms. The van der Waals surface area contributed by atoms with E-state index in [2.05, 4.69) is 5.32 Å². The van der Waals surface area contributed by atoms with Crippen LogP contribution >= 0.6 is 0 Å². The van der Waals surface area contributed by atoms with Gasteiger partial charge in [0, 0.05) is 32.6 Å². The van der Waals surface area contributed by atoms with E-state index in [0.29, 0.717) is 19.6 Å². The summed E-state index contributed by atoms with van der Waals surface area (Å²) in [7, 11) is 0. The Labute approximate surface area is 160 Å². The maximum atomic E-state index is 13.1. The Bertz CT molecular complexity index is 628. The van der Waals surface area contributed by atoms with Gasteiger partial charge in [0.2, 0.25) is 5.91 Å². The number of ether oxygens (including phenoxy) is 1. The number of nitrogens with one attached hydrogen (secondary N) is 1. The largest absolute Gasteiger partial charge is 0.372 e. The van der Waals surface area contributed by atoms with E-state index in [-0.39, 0.29) is 49.0 Å². The fourth-order valence-corrected chi connectivity index (χ4v) is 3.43. The first kappa shape index (κ1) is 21.2. The Morgan fingerprint density at radius 1 is 1.26 bits per heavy atom. The van der Waals surface area contributed by atoms with Gasteiger partial charge in [0.1, 0.15) is 5.82 Å². The van der Waals surface area contributed by atoms with Crippen molar-refractivity contribution in [3.8, 4) is 0 Å². The first-order valence-corrected chi connectivity index (χ1v) is 9.55. The van der Waals surface area contributed by atoms with Gasteiger partial charge in [-0.3, -0.25) is 4.79 Å². The molecule has 1 saturated heterocycles. The first-order valence-electron chi connectivity index (χ1n) is 9.55. The molecule has 3 atom stereocenters. The molecule has 0 unspecified atom stereocenters. The van der Waals surface area contributed by atoms with Gasteiger partial charge in [-0.1, -0.05) is 12.1 Å². The summed E-state index contributed by atoms with van der Waals surface area (Å²) in [6.45, 7) is 9.65. The number of hydrogen-bond acceptors (Lipinski definition) is 3. The van der Waals surface area contributed by atoms with Crippen molar-refractivity contribution in [1.29, 1.82) is 0 Å². The molecule has 3 amide bonds. The molecule has 0 saturated carbocycles. The van der Waals surface area contributed by atoms with Crippen molar-refractivity contribution in [2.45, 2.75) is 52.4 Å². The van der Waals surface area contributed by atoms with Gasteiger partial charge in [0.15, 0.2) is 0 Å². The Kier molecular flexibility index (Phi) is 7.59. The molecule has 1 aliphatic heterocycles. The molecule has 1 aromatic carbocycles. The second-order valence-corrected chi connectivity index (χ2v) is 7.05. The van der Waals surface area contributed by atoms with Crippen molar-refractivity contribution in [1.82, 2.24) is 15.1 Å². The van der Waals surface area contributed by atoms with Gasteiger partial charge in [-0.15, -0.1) is 0 Å². The lowest BCUT2D eigenvalue weighted by molar-refractivity contribution is -0.143. The van der Waals surface area contributed by atoms with Gasteiger partial charge < -0.3 is 19.9 Å². The van der Waals surface area contributed by atoms with Gasteiger partial charge in [-0.2, -0.15) is 0 Å². The summed E-state index contributed by atoms with van der Waals surface area (Å²) in [4.78, 5) is 28.3. The molecular weight excluding hydrogens is 349 g/mol. The molecule has 0 aliphatic carbocycles. The highest BCUT2D eigenvalue weighted by atomic mass is 19.1. The average Bonchev–Trinajstić information content (AvgIpc) is 2.62. The smallest absolute Gasteiger partial charge is 0.317 e. The summed E-state index contributed by atoms with van der Waals surface area (Å²) >= 11 is 0. The van der Waals surface area contributed by atoms with Crippen molar-refractivity contribution < 1.29 is 18.7 Å². The molecule has 150 valence electrons. The fourth-order valence-electron chi connectivity index (χ4n) is 3.43. The maximum absolute atomic E-state index is 13.1. The van der Waals surface area contributed by atoms with E-state index in [0.717, 1.165) is 5.56 Å². The topological polar surface area (TPSA) is 61.9 Å². The Morgan fingerprint density at radius 2 is 1.85 bits per heavy atom. The average molecular weight is 379 g/mol. The van der Waals surface area contributed by atoms with Crippen LogP contribution in [-0.4, -0.2) is 60.1 Å². The molecule has 1 heterocycles. The van der Waals surface area contributed by atoms with Crippen LogP contribution < -0.4 is 5.32 Å². The summed E-state index contributed by atoms with van der Waals surface area (Å²) in [6, 6.07) is 5.72. The minimum Gasteiger partial charge on any atom is -0.372 e. The molecule has 7 heteroatoms. The third-order valence-electron chi connectivity index (χ3n) is 4.81. The van der Waals surface area contributed by atoms with Gasteiger partial charge in [-0.05, 0) is 45.4 Å². The number of benzene rings is 1. The molecule has 6 nitrogen and oxygen atoms in total. The van der Waals surface area contributed by atoms with Crippen LogP contribution in [0.15, 0.2) is 24.3 Å². The summed E-state index contributed by atoms with van der Waals surface area (Å²) in [6.07, 6.45) is 0.312. The van der Waals surface area contributed by atoms with Crippen LogP contribution in [0.4, 0.5) is 9.18 Å². The second kappa shape index (κ2) is 9.69. The van der Waals surface area contributed by atoms with Crippen molar-refractivity contribution in [2.75, 3.05) is 26.2 Å². The number of carbonyl (C=O) groups excluding carboxylic acids is 2. The minimum absolute atomic E-state index is 0.0203. The molecule has 0 bridgehead atoms. The normalized spacial score (nSPS) is 20.9. The standard InChI is InChI=1S/C20H30FN3O3/c1-5-24(16(4)17-6-8-18(21)9-7-17)20(26)22-11-10-19(25)23-12-14(2)27-15(3)13-23/h6-9,14-16H,5,10-13H2,1-4H3,(H,22,26)/t14-,15+,16-/m1/s1. The quantitative estimate of drug-likeness (QED) is 0.827. The zero-order valence-electron chi connectivity index (χ0n) is 16.6. The minimum atomic E-state index is -0.302. The van der Waals surface area contributed by atoms with E-state index in [4.69, 9.17) is 4.74 Å². The van der Waals surface area contributed by atoms with Crippen LogP contribution in [0.3, 0.4) is 0 Å². The number of hydrogen-bond donors (Lipinski definition) is 1. The van der Waals surface area contributed by atoms with Crippen LogP contribution in [-0.2, 0) is 9.53 Å². The Morgan fingerprint density at radius 3 is 2.41 bits per heavy atom. The van der Waals surface area contributed by atoms with Crippen molar-refractivity contribution in [3.63, 3.8) is 0 Å². The lowest BCUT2D eigenvalue weighted by atomic mass is 10.1. The van der Waals surface area contributed by atoms with E-state index in [9.17, 15) is 14.0 Å². The molecule has 1 fully saturated rings. The van der Waals surface area contributed by atoms with E-state index in [1.807, 2.05) is 27.7 Å². The van der Waals surface area contributed by atoms with Crippen LogP contribution in [0.2, 0.25) is 0 Å². The van der Waals surface area contributed by atoms with Crippen molar-refractivity contribution in [3.05, 3.63) is 35.6 Å². The molecule has 1 N–H and O–H groups in total. The third kappa shape index (κ3) is 5.92. The van der Waals surface area contributed by atoms with Crippen LogP contribution in [0.5, 0.6) is 0 Å². The van der Waals surface area contributed by atoms with Crippen LogP contribution in [0, 0.1) is 5.82 Å². The lowest BCUT2D eigenvalue weighted by Gasteiger charge is -2.35. The van der Waals surface area contributed by atoms with E-state index < -0.39 is 0 Å². The van der Waals surface area contributed by atoms with Crippen molar-refractivity contribution >= 4 is 11.9 Å². The molecule has 2 rings (SSSR count). The number of urea groups is 1. The number of rotatable bonds is 6. The number of halogens is 1. The second-order valence-electron chi connectivity index (χ2n) is 7.05. The molecule has 0 radical (unpaired) electrons. The number of nitrogens with zero attached hydrogens (tertiary/aromatic N) is 2. The van der Waals surface area contributed by atoms with E-state index in [1.54, 1.807) is 21.9 Å². The highest BCUT2D eigenvalue weighted by Crippen LogP contribution is 2.20. The molecule has 1 aromatic rings. The first-order chi connectivity index (χ1) is 12.8. The summed E-state index contributed by atoms with van der Waals surface area (Å²) in [5.74, 6) is -0.282.